The van der Waals surface area contributed by atoms with Crippen molar-refractivity contribution >= 4 is 12.4 Å². The summed E-state index contributed by atoms with van der Waals surface area (Å²) < 4.78 is 5.48. The molecule has 3 aromatic carbocycles. The zero-order valence-corrected chi connectivity index (χ0v) is 16.8. The fourth-order valence-electron chi connectivity index (χ4n) is 3.79. The molecule has 1 amide bonds. The van der Waals surface area contributed by atoms with Gasteiger partial charge in [-0.15, -0.1) is 0 Å². The zero-order chi connectivity index (χ0) is 21.6. The van der Waals surface area contributed by atoms with Gasteiger partial charge in [-0.1, -0.05) is 66.4 Å². The Morgan fingerprint density at radius 2 is 1.68 bits per heavy atom. The SMILES string of the molecule is O=Cc1cccc(C#CCCNC(=O)OCC2c3ccccc3-c3ccccc32)c1O. The van der Waals surface area contributed by atoms with Crippen molar-refractivity contribution in [2.75, 3.05) is 13.2 Å². The number of carbonyl (C=O) groups is 2. The number of nitrogens with one attached hydrogen (secondary N) is 1. The van der Waals surface area contributed by atoms with Crippen LogP contribution in [0.25, 0.3) is 11.1 Å². The molecule has 0 aliphatic heterocycles. The third-order valence-corrected chi connectivity index (χ3v) is 5.28. The fourth-order valence-corrected chi connectivity index (χ4v) is 3.79. The van der Waals surface area contributed by atoms with E-state index in [1.54, 1.807) is 12.1 Å². The molecule has 1 aliphatic rings. The number of carbonyl (C=O) groups excluding carboxylic acids is 2. The summed E-state index contributed by atoms with van der Waals surface area (Å²) in [5, 5.41) is 12.6. The maximum absolute atomic E-state index is 12.1. The Kier molecular flexibility index (Phi) is 6.00. The first-order valence-corrected chi connectivity index (χ1v) is 10.0. The Balaban J connectivity index is 1.30. The number of amides is 1. The third-order valence-electron chi connectivity index (χ3n) is 5.28. The number of benzene rings is 3. The highest BCUT2D eigenvalue weighted by Crippen LogP contribution is 2.44. The number of phenols is 1. The molecule has 4 rings (SSSR count). The average Bonchev–Trinajstić information content (AvgIpc) is 3.12. The van der Waals surface area contributed by atoms with Gasteiger partial charge in [0.25, 0.3) is 0 Å². The second kappa shape index (κ2) is 9.19. The normalized spacial score (nSPS) is 11.6. The molecule has 154 valence electrons. The Morgan fingerprint density at radius 3 is 2.35 bits per heavy atom. The summed E-state index contributed by atoms with van der Waals surface area (Å²) in [6.45, 7) is 0.579. The molecule has 0 spiro atoms. The lowest BCUT2D eigenvalue weighted by Crippen LogP contribution is -2.26. The monoisotopic (exact) mass is 411 g/mol. The topological polar surface area (TPSA) is 75.6 Å². The molecule has 1 aliphatic carbocycles. The van der Waals surface area contributed by atoms with Crippen LogP contribution in [0.1, 0.15) is 39.4 Å². The van der Waals surface area contributed by atoms with Crippen LogP contribution in [0.4, 0.5) is 4.79 Å². The van der Waals surface area contributed by atoms with E-state index in [0.29, 0.717) is 24.8 Å². The summed E-state index contributed by atoms with van der Waals surface area (Å²) in [5.41, 5.74) is 5.28. The van der Waals surface area contributed by atoms with E-state index in [1.807, 2.05) is 24.3 Å². The van der Waals surface area contributed by atoms with Gasteiger partial charge in [-0.2, -0.15) is 0 Å². The molecule has 2 N–H and O–H groups in total. The third kappa shape index (κ3) is 4.29. The van der Waals surface area contributed by atoms with E-state index in [-0.39, 0.29) is 23.8 Å². The van der Waals surface area contributed by atoms with Crippen LogP contribution in [-0.2, 0) is 4.74 Å². The summed E-state index contributed by atoms with van der Waals surface area (Å²) in [6, 6.07) is 21.2. The van der Waals surface area contributed by atoms with Crippen molar-refractivity contribution in [3.05, 3.63) is 89.0 Å². The van der Waals surface area contributed by atoms with E-state index in [1.165, 1.54) is 28.3 Å². The largest absolute Gasteiger partial charge is 0.506 e. The second-order valence-electron chi connectivity index (χ2n) is 7.17. The summed E-state index contributed by atoms with van der Waals surface area (Å²) in [4.78, 5) is 23.0. The molecule has 0 saturated heterocycles. The number of hydrogen-bond donors (Lipinski definition) is 2. The van der Waals surface area contributed by atoms with Crippen molar-refractivity contribution in [3.63, 3.8) is 0 Å². The van der Waals surface area contributed by atoms with Crippen molar-refractivity contribution in [2.24, 2.45) is 0 Å². The number of ether oxygens (including phenoxy) is 1. The van der Waals surface area contributed by atoms with Crippen LogP contribution in [0.2, 0.25) is 0 Å². The molecule has 31 heavy (non-hydrogen) atoms. The predicted molar refractivity (Wildman–Crippen MR) is 118 cm³/mol. The highest BCUT2D eigenvalue weighted by atomic mass is 16.5. The van der Waals surface area contributed by atoms with Gasteiger partial charge in [0.1, 0.15) is 12.4 Å². The van der Waals surface area contributed by atoms with Gasteiger partial charge in [-0.25, -0.2) is 4.79 Å². The van der Waals surface area contributed by atoms with Crippen molar-refractivity contribution in [3.8, 4) is 28.7 Å². The number of fused-ring (bicyclic) bond motifs is 3. The molecule has 0 aromatic heterocycles. The Labute approximate surface area is 180 Å². The maximum Gasteiger partial charge on any atom is 0.407 e. The second-order valence-corrected chi connectivity index (χ2v) is 7.17. The Hall–Kier alpha value is -4.04. The van der Waals surface area contributed by atoms with Gasteiger partial charge in [0.15, 0.2) is 6.29 Å². The van der Waals surface area contributed by atoms with Crippen LogP contribution in [-0.4, -0.2) is 30.6 Å². The standard InChI is InChI=1S/C26H21NO4/c28-16-19-10-7-9-18(25(19)29)8-5-6-15-27-26(30)31-17-24-22-13-3-1-11-20(22)21-12-2-4-14-23(21)24/h1-4,7,9-14,16,24,29H,6,15,17H2,(H,27,30). The van der Waals surface area contributed by atoms with E-state index in [4.69, 9.17) is 4.74 Å². The molecule has 0 bridgehead atoms. The lowest BCUT2D eigenvalue weighted by atomic mass is 9.98. The van der Waals surface area contributed by atoms with E-state index >= 15 is 0 Å². The number of phenolic OH excluding ortho intramolecular Hbond substituents is 1. The van der Waals surface area contributed by atoms with E-state index in [2.05, 4.69) is 41.4 Å². The van der Waals surface area contributed by atoms with Crippen LogP contribution in [0.15, 0.2) is 66.7 Å². The summed E-state index contributed by atoms with van der Waals surface area (Å²) in [6.07, 6.45) is 0.475. The highest BCUT2D eigenvalue weighted by Gasteiger charge is 2.28. The maximum atomic E-state index is 12.1. The van der Waals surface area contributed by atoms with Gasteiger partial charge in [-0.05, 0) is 34.4 Å². The number of rotatable bonds is 5. The zero-order valence-electron chi connectivity index (χ0n) is 16.8. The molecular weight excluding hydrogens is 390 g/mol. The molecule has 0 heterocycles. The Morgan fingerprint density at radius 1 is 1.00 bits per heavy atom. The number of para-hydroxylation sites is 1. The molecule has 0 unspecified atom stereocenters. The number of alkyl carbamates (subject to hydrolysis) is 1. The van der Waals surface area contributed by atoms with Gasteiger partial charge in [0.05, 0.1) is 11.1 Å². The summed E-state index contributed by atoms with van der Waals surface area (Å²) >= 11 is 0. The van der Waals surface area contributed by atoms with Gasteiger partial charge >= 0.3 is 6.09 Å². The van der Waals surface area contributed by atoms with Gasteiger partial charge in [0.2, 0.25) is 0 Å². The molecular formula is C26H21NO4. The van der Waals surface area contributed by atoms with Crippen LogP contribution < -0.4 is 5.32 Å². The molecule has 5 nitrogen and oxygen atoms in total. The summed E-state index contributed by atoms with van der Waals surface area (Å²) in [7, 11) is 0. The van der Waals surface area contributed by atoms with Crippen LogP contribution in [0.5, 0.6) is 5.75 Å². The van der Waals surface area contributed by atoms with Crippen molar-refractivity contribution in [1.29, 1.82) is 0 Å². The molecule has 0 saturated carbocycles. The molecule has 0 atom stereocenters. The summed E-state index contributed by atoms with van der Waals surface area (Å²) in [5.74, 6) is 5.57. The molecule has 0 radical (unpaired) electrons. The fraction of sp³-hybridized carbons (Fsp3) is 0.154. The molecule has 3 aromatic rings. The van der Waals surface area contributed by atoms with Crippen molar-refractivity contribution in [1.82, 2.24) is 5.32 Å². The first kappa shape index (κ1) is 20.2. The predicted octanol–water partition coefficient (Wildman–Crippen LogP) is 4.49. The van der Waals surface area contributed by atoms with Crippen LogP contribution >= 0.6 is 0 Å². The van der Waals surface area contributed by atoms with Gasteiger partial charge in [0, 0.05) is 18.9 Å². The highest BCUT2D eigenvalue weighted by molar-refractivity contribution is 5.81. The smallest absolute Gasteiger partial charge is 0.407 e. The van der Waals surface area contributed by atoms with Crippen LogP contribution in [0, 0.1) is 11.8 Å². The number of aromatic hydroxyl groups is 1. The minimum atomic E-state index is -0.491. The number of aldehydes is 1. The lowest BCUT2D eigenvalue weighted by molar-refractivity contribution is 0.112. The van der Waals surface area contributed by atoms with E-state index in [9.17, 15) is 14.7 Å². The van der Waals surface area contributed by atoms with Crippen molar-refractivity contribution in [2.45, 2.75) is 12.3 Å². The molecule has 5 heteroatoms. The van der Waals surface area contributed by atoms with E-state index in [0.717, 1.165) is 0 Å². The van der Waals surface area contributed by atoms with Crippen molar-refractivity contribution < 1.29 is 19.4 Å². The Bertz CT molecular complexity index is 1140. The molecule has 0 fully saturated rings. The van der Waals surface area contributed by atoms with Crippen LogP contribution in [0.3, 0.4) is 0 Å². The lowest BCUT2D eigenvalue weighted by Gasteiger charge is -2.14. The van der Waals surface area contributed by atoms with Gasteiger partial charge < -0.3 is 15.2 Å². The first-order chi connectivity index (χ1) is 15.2. The quantitative estimate of drug-likeness (QED) is 0.369. The minimum absolute atomic E-state index is 0.0195. The van der Waals surface area contributed by atoms with Gasteiger partial charge in [-0.3, -0.25) is 4.79 Å². The average molecular weight is 411 g/mol. The van der Waals surface area contributed by atoms with E-state index < -0.39 is 6.09 Å². The first-order valence-electron chi connectivity index (χ1n) is 10.0. The number of hydrogen-bond acceptors (Lipinski definition) is 4. The minimum Gasteiger partial charge on any atom is -0.506 e.